The molecule has 0 amide bonds. The van der Waals surface area contributed by atoms with E-state index in [-0.39, 0.29) is 5.75 Å². The van der Waals surface area contributed by atoms with E-state index in [2.05, 4.69) is 46.5 Å². The maximum Gasteiger partial charge on any atom is 0.490 e. The van der Waals surface area contributed by atoms with Gasteiger partial charge in [-0.05, 0) is 78.2 Å². The quantitative estimate of drug-likeness (QED) is 0.0879. The molecule has 0 aliphatic carbocycles. The first kappa shape index (κ1) is 41.5. The van der Waals surface area contributed by atoms with Crippen molar-refractivity contribution in [3.8, 4) is 17.0 Å². The summed E-state index contributed by atoms with van der Waals surface area (Å²) in [6.07, 6.45) is -3.84. The number of anilines is 2. The number of aromatic amines is 1. The summed E-state index contributed by atoms with van der Waals surface area (Å²) < 4.78 is 85.1. The summed E-state index contributed by atoms with van der Waals surface area (Å²) in [6, 6.07) is 19.3. The maximum absolute atomic E-state index is 16.0. The average molecular weight is 752 g/mol. The van der Waals surface area contributed by atoms with Gasteiger partial charge in [-0.15, -0.1) is 0 Å². The third-order valence-electron chi connectivity index (χ3n) is 7.38. The van der Waals surface area contributed by atoms with Crippen LogP contribution in [0.25, 0.3) is 22.0 Å². The lowest BCUT2D eigenvalue weighted by Gasteiger charge is -2.22. The fraction of sp³-hybridized carbons (Fsp3) is 0.278. The van der Waals surface area contributed by atoms with Crippen molar-refractivity contribution in [3.63, 3.8) is 0 Å². The number of H-pyrrole nitrogens is 1. The number of nitrogens with one attached hydrogen (secondary N) is 2. The van der Waals surface area contributed by atoms with Crippen LogP contribution in [0.4, 0.5) is 42.2 Å². The molecule has 0 radical (unpaired) electrons. The number of benzene rings is 3. The van der Waals surface area contributed by atoms with Crippen LogP contribution in [0.15, 0.2) is 73.1 Å². The number of nitrogens with two attached hydrogens (primary N) is 1. The van der Waals surface area contributed by atoms with Gasteiger partial charge in [-0.3, -0.25) is 0 Å². The first-order valence-electron chi connectivity index (χ1n) is 16.0. The summed E-state index contributed by atoms with van der Waals surface area (Å²) >= 11 is 0. The molecular formula is C36H36F7N5O5. The van der Waals surface area contributed by atoms with E-state index in [4.69, 9.17) is 35.3 Å². The van der Waals surface area contributed by atoms with Crippen LogP contribution in [0.3, 0.4) is 0 Å². The topological polar surface area (TPSA) is 163 Å². The fourth-order valence-corrected chi connectivity index (χ4v) is 4.92. The number of aryl methyl sites for hydroxylation is 2. The van der Waals surface area contributed by atoms with E-state index >= 15 is 4.39 Å². The predicted molar refractivity (Wildman–Crippen MR) is 184 cm³/mol. The van der Waals surface area contributed by atoms with Crippen molar-refractivity contribution in [1.82, 2.24) is 15.0 Å². The number of ether oxygens (including phenoxy) is 1. The molecule has 6 N–H and O–H groups in total. The Balaban J connectivity index is 0.000000458. The molecule has 53 heavy (non-hydrogen) atoms. The van der Waals surface area contributed by atoms with Gasteiger partial charge in [-0.25, -0.2) is 23.9 Å². The van der Waals surface area contributed by atoms with Crippen LogP contribution in [0.5, 0.6) is 5.75 Å². The molecule has 0 fully saturated rings. The van der Waals surface area contributed by atoms with Crippen molar-refractivity contribution >= 4 is 34.2 Å². The number of alkyl halides is 6. The number of nitrogen functional groups attached to an aromatic ring is 1. The molecule has 0 saturated carbocycles. The summed E-state index contributed by atoms with van der Waals surface area (Å²) in [5, 5.41) is 19.6. The Kier molecular flexibility index (Phi) is 14.2. The summed E-state index contributed by atoms with van der Waals surface area (Å²) in [4.78, 5) is 30.2. The molecule has 17 heteroatoms. The molecule has 1 unspecified atom stereocenters. The molecule has 5 aromatic rings. The first-order valence-corrected chi connectivity index (χ1v) is 16.0. The van der Waals surface area contributed by atoms with Crippen LogP contribution in [0.2, 0.25) is 0 Å². The third kappa shape index (κ3) is 11.6. The van der Waals surface area contributed by atoms with Crippen LogP contribution >= 0.6 is 0 Å². The number of aliphatic carboxylic acids is 2. The third-order valence-corrected chi connectivity index (χ3v) is 7.38. The number of aromatic nitrogens is 3. The molecule has 2 heterocycles. The predicted octanol–water partition coefficient (Wildman–Crippen LogP) is 8.73. The molecule has 3 aromatic carbocycles. The molecule has 2 aromatic heterocycles. The zero-order chi connectivity index (χ0) is 39.5. The minimum atomic E-state index is -5.08. The number of carboxylic acids is 2. The minimum Gasteiger partial charge on any atom is -0.491 e. The highest BCUT2D eigenvalue weighted by molar-refractivity contribution is 5.93. The average Bonchev–Trinajstić information content (AvgIpc) is 3.59. The Morgan fingerprint density at radius 2 is 1.57 bits per heavy atom. The number of fused-ring (bicyclic) bond motifs is 1. The van der Waals surface area contributed by atoms with Crippen LogP contribution < -0.4 is 15.8 Å². The van der Waals surface area contributed by atoms with Crippen LogP contribution in [0.1, 0.15) is 55.7 Å². The summed E-state index contributed by atoms with van der Waals surface area (Å²) in [5.41, 5.74) is 11.5. The van der Waals surface area contributed by atoms with Gasteiger partial charge in [0.05, 0.1) is 18.5 Å². The Morgan fingerprint density at radius 1 is 0.906 bits per heavy atom. The molecule has 0 bridgehead atoms. The van der Waals surface area contributed by atoms with E-state index in [0.29, 0.717) is 23.8 Å². The van der Waals surface area contributed by atoms with Gasteiger partial charge in [0.1, 0.15) is 17.7 Å². The smallest absolute Gasteiger partial charge is 0.490 e. The summed E-state index contributed by atoms with van der Waals surface area (Å²) in [5.74, 6) is -4.59. The number of halogens is 7. The number of hydrogen-bond acceptors (Lipinski definition) is 7. The monoisotopic (exact) mass is 751 g/mol. The number of carbonyl (C=O) groups is 2. The van der Waals surface area contributed by atoms with Crippen LogP contribution in [0, 0.1) is 5.82 Å². The van der Waals surface area contributed by atoms with Crippen molar-refractivity contribution in [2.45, 2.75) is 58.4 Å². The minimum absolute atomic E-state index is 0.245. The van der Waals surface area contributed by atoms with Crippen molar-refractivity contribution in [2.75, 3.05) is 17.7 Å². The van der Waals surface area contributed by atoms with Gasteiger partial charge in [0.15, 0.2) is 11.6 Å². The zero-order valence-electron chi connectivity index (χ0n) is 28.6. The standard InChI is InChI=1S/C32H34FN5O.2C2HF3O2/c1-4-8-21-9-7-10-23(15-21)27-19-36-32(38-27)30(26-16-20(5-2)17-28(29(26)33)39-6-3)37-24-11-12-25-22(18-24)13-14-35-31(25)34;2*3-2(4,5)1(6)7/h7,9-19,30,37H,4-6,8H2,1-3H3,(H2,34,35)(H,36,38);2*(H,6,7). The van der Waals surface area contributed by atoms with E-state index < -0.39 is 36.2 Å². The Labute approximate surface area is 298 Å². The van der Waals surface area contributed by atoms with Crippen molar-refractivity contribution in [2.24, 2.45) is 0 Å². The van der Waals surface area contributed by atoms with E-state index in [1.54, 1.807) is 12.3 Å². The van der Waals surface area contributed by atoms with E-state index in [9.17, 15) is 26.3 Å². The SMILES string of the molecule is CCCc1cccc(-c2cnc(C(Nc3ccc4c(N)nccc4c3)c3cc(CC)cc(OCC)c3F)[nH]2)c1.O=C(O)C(F)(F)F.O=C(O)C(F)(F)F. The zero-order valence-corrected chi connectivity index (χ0v) is 28.6. The number of carboxylic acid groups (broad SMARTS) is 2. The highest BCUT2D eigenvalue weighted by Crippen LogP contribution is 2.35. The lowest BCUT2D eigenvalue weighted by molar-refractivity contribution is -0.193. The van der Waals surface area contributed by atoms with Gasteiger partial charge < -0.3 is 31.0 Å². The maximum atomic E-state index is 16.0. The van der Waals surface area contributed by atoms with Gasteiger partial charge in [-0.1, -0.05) is 44.5 Å². The normalized spacial score (nSPS) is 11.8. The van der Waals surface area contributed by atoms with Crippen molar-refractivity contribution < 1.29 is 55.3 Å². The molecule has 10 nitrogen and oxygen atoms in total. The first-order chi connectivity index (χ1) is 24.9. The second kappa shape index (κ2) is 18.1. The summed E-state index contributed by atoms with van der Waals surface area (Å²) in [7, 11) is 0. The van der Waals surface area contributed by atoms with E-state index in [1.807, 2.05) is 50.4 Å². The van der Waals surface area contributed by atoms with Gasteiger partial charge in [0.25, 0.3) is 0 Å². The van der Waals surface area contributed by atoms with Crippen molar-refractivity contribution in [3.05, 3.63) is 101 Å². The second-order valence-electron chi connectivity index (χ2n) is 11.2. The number of imidazole rings is 1. The number of rotatable bonds is 10. The molecule has 0 aliphatic rings. The molecule has 0 saturated heterocycles. The molecule has 284 valence electrons. The highest BCUT2D eigenvalue weighted by atomic mass is 19.4. The molecule has 1 atom stereocenters. The molecule has 0 aliphatic heterocycles. The van der Waals surface area contributed by atoms with E-state index in [1.165, 1.54) is 5.56 Å². The number of nitrogens with zero attached hydrogens (tertiary/aromatic N) is 2. The summed E-state index contributed by atoms with van der Waals surface area (Å²) in [6.45, 7) is 6.45. The lowest BCUT2D eigenvalue weighted by Crippen LogP contribution is -2.21. The Bertz CT molecular complexity index is 1990. The van der Waals surface area contributed by atoms with Gasteiger partial charge in [-0.2, -0.15) is 26.3 Å². The Morgan fingerprint density at radius 3 is 2.15 bits per heavy atom. The van der Waals surface area contributed by atoms with Gasteiger partial charge in [0, 0.05) is 22.8 Å². The van der Waals surface area contributed by atoms with Crippen molar-refractivity contribution in [1.29, 1.82) is 0 Å². The molecular weight excluding hydrogens is 715 g/mol. The lowest BCUT2D eigenvalue weighted by atomic mass is 9.99. The van der Waals surface area contributed by atoms with E-state index in [0.717, 1.165) is 52.5 Å². The second-order valence-corrected chi connectivity index (χ2v) is 11.2. The van der Waals surface area contributed by atoms with Gasteiger partial charge in [0.2, 0.25) is 0 Å². The Hall–Kier alpha value is -5.87. The number of pyridine rings is 1. The highest BCUT2D eigenvalue weighted by Gasteiger charge is 2.39. The number of hydrogen-bond donors (Lipinski definition) is 5. The van der Waals surface area contributed by atoms with Crippen LogP contribution in [-0.4, -0.2) is 56.1 Å². The molecule has 0 spiro atoms. The fourth-order valence-electron chi connectivity index (χ4n) is 4.92. The van der Waals surface area contributed by atoms with Gasteiger partial charge >= 0.3 is 24.3 Å². The largest absolute Gasteiger partial charge is 0.491 e. The molecule has 5 rings (SSSR count). The van der Waals surface area contributed by atoms with Crippen LogP contribution in [-0.2, 0) is 22.4 Å².